The molecule has 0 radical (unpaired) electrons. The van der Waals surface area contributed by atoms with E-state index in [1.165, 1.54) is 0 Å². The molecule has 18 heavy (non-hydrogen) atoms. The highest BCUT2D eigenvalue weighted by atomic mass is 16.4. The van der Waals surface area contributed by atoms with E-state index in [1.54, 1.807) is 6.33 Å². The van der Waals surface area contributed by atoms with Gasteiger partial charge in [0.25, 0.3) is 0 Å². The van der Waals surface area contributed by atoms with Gasteiger partial charge in [-0.1, -0.05) is 0 Å². The quantitative estimate of drug-likeness (QED) is 0.857. The molecule has 1 aliphatic heterocycles. The van der Waals surface area contributed by atoms with Crippen LogP contribution in [-0.2, 0) is 4.79 Å². The molecule has 1 fully saturated rings. The van der Waals surface area contributed by atoms with Crippen molar-refractivity contribution in [1.29, 1.82) is 0 Å². The van der Waals surface area contributed by atoms with Crippen molar-refractivity contribution in [2.45, 2.75) is 12.8 Å². The smallest absolute Gasteiger partial charge is 0.308 e. The summed E-state index contributed by atoms with van der Waals surface area (Å²) in [6.45, 7) is 1.35. The molecule has 1 saturated heterocycles. The Hall–Kier alpha value is -2.11. The second kappa shape index (κ2) is 4.29. The summed E-state index contributed by atoms with van der Waals surface area (Å²) in [5.41, 5.74) is 0.969. The Bertz CT molecular complexity index is 580. The van der Waals surface area contributed by atoms with Crippen LogP contribution < -0.4 is 4.90 Å². The zero-order chi connectivity index (χ0) is 12.5. The summed E-state index contributed by atoms with van der Waals surface area (Å²) in [5.74, 6) is -0.265. The predicted molar refractivity (Wildman–Crippen MR) is 65.6 cm³/mol. The van der Waals surface area contributed by atoms with Crippen molar-refractivity contribution in [3.8, 4) is 0 Å². The van der Waals surface area contributed by atoms with Gasteiger partial charge in [0.2, 0.25) is 0 Å². The first kappa shape index (κ1) is 11.0. The highest BCUT2D eigenvalue weighted by Crippen LogP contribution is 2.24. The van der Waals surface area contributed by atoms with Crippen LogP contribution in [0.3, 0.4) is 0 Å². The van der Waals surface area contributed by atoms with Crippen molar-refractivity contribution < 1.29 is 9.90 Å². The van der Waals surface area contributed by atoms with Crippen molar-refractivity contribution in [1.82, 2.24) is 14.6 Å². The van der Waals surface area contributed by atoms with Gasteiger partial charge in [-0.25, -0.2) is 0 Å². The molecule has 94 valence electrons. The summed E-state index contributed by atoms with van der Waals surface area (Å²) < 4.78 is 1.90. The number of rotatable bonds is 2. The second-order valence-electron chi connectivity index (χ2n) is 4.58. The average molecular weight is 246 g/mol. The number of carbonyl (C=O) groups is 1. The molecule has 1 aliphatic rings. The van der Waals surface area contributed by atoms with Gasteiger partial charge >= 0.3 is 5.97 Å². The molecule has 1 N–H and O–H groups in total. The summed E-state index contributed by atoms with van der Waals surface area (Å²) in [5, 5.41) is 17.2. The fourth-order valence-electron chi connectivity index (χ4n) is 2.47. The van der Waals surface area contributed by atoms with Crippen LogP contribution in [0.25, 0.3) is 5.52 Å². The Morgan fingerprint density at radius 3 is 3.22 bits per heavy atom. The molecule has 0 spiro atoms. The maximum absolute atomic E-state index is 11.1. The van der Waals surface area contributed by atoms with E-state index in [2.05, 4.69) is 10.2 Å². The molecular weight excluding hydrogens is 232 g/mol. The molecule has 0 bridgehead atoms. The van der Waals surface area contributed by atoms with Gasteiger partial charge in [-0.05, 0) is 25.0 Å². The number of piperidine rings is 1. The predicted octanol–water partition coefficient (Wildman–Crippen LogP) is 1.03. The molecule has 6 nitrogen and oxygen atoms in total. The zero-order valence-corrected chi connectivity index (χ0v) is 9.86. The summed E-state index contributed by atoms with van der Waals surface area (Å²) in [7, 11) is 0. The highest BCUT2D eigenvalue weighted by Gasteiger charge is 2.27. The van der Waals surface area contributed by atoms with Gasteiger partial charge in [0.05, 0.1) is 11.4 Å². The van der Waals surface area contributed by atoms with Gasteiger partial charge in [0.1, 0.15) is 6.33 Å². The van der Waals surface area contributed by atoms with E-state index in [9.17, 15) is 4.79 Å². The molecule has 2 aromatic heterocycles. The number of aromatic nitrogens is 3. The Morgan fingerprint density at radius 1 is 1.50 bits per heavy atom. The van der Waals surface area contributed by atoms with Gasteiger partial charge < -0.3 is 14.4 Å². The van der Waals surface area contributed by atoms with E-state index in [0.29, 0.717) is 6.54 Å². The van der Waals surface area contributed by atoms with E-state index in [0.717, 1.165) is 30.7 Å². The number of fused-ring (bicyclic) bond motifs is 1. The topological polar surface area (TPSA) is 70.7 Å². The minimum atomic E-state index is -0.727. The fraction of sp³-hybridized carbons (Fsp3) is 0.417. The van der Waals surface area contributed by atoms with Crippen LogP contribution in [0, 0.1) is 5.92 Å². The first-order valence-corrected chi connectivity index (χ1v) is 6.02. The SMILES string of the molecule is O=C(O)[C@H]1CCCN(c2nncn3cccc23)C1. The van der Waals surface area contributed by atoms with Crippen molar-refractivity contribution in [3.05, 3.63) is 24.7 Å². The summed E-state index contributed by atoms with van der Waals surface area (Å²) in [6.07, 6.45) is 5.17. The van der Waals surface area contributed by atoms with Crippen LogP contribution in [0.15, 0.2) is 24.7 Å². The number of nitrogens with zero attached hydrogens (tertiary/aromatic N) is 4. The lowest BCUT2D eigenvalue weighted by Gasteiger charge is -2.31. The second-order valence-corrected chi connectivity index (χ2v) is 4.58. The Balaban J connectivity index is 1.94. The Labute approximate surface area is 104 Å². The molecule has 3 heterocycles. The van der Waals surface area contributed by atoms with Gasteiger partial charge in [-0.2, -0.15) is 0 Å². The third kappa shape index (κ3) is 1.79. The number of hydrogen-bond donors (Lipinski definition) is 1. The van der Waals surface area contributed by atoms with Crippen LogP contribution >= 0.6 is 0 Å². The van der Waals surface area contributed by atoms with Crippen molar-refractivity contribution in [2.24, 2.45) is 5.92 Å². The third-order valence-corrected chi connectivity index (χ3v) is 3.41. The van der Waals surface area contributed by atoms with Crippen LogP contribution in [-0.4, -0.2) is 38.8 Å². The van der Waals surface area contributed by atoms with E-state index in [4.69, 9.17) is 5.11 Å². The molecule has 0 saturated carbocycles. The highest BCUT2D eigenvalue weighted by molar-refractivity contribution is 5.73. The number of carboxylic acid groups (broad SMARTS) is 1. The van der Waals surface area contributed by atoms with Gasteiger partial charge in [0, 0.05) is 19.3 Å². The van der Waals surface area contributed by atoms with E-state index < -0.39 is 5.97 Å². The first-order valence-electron chi connectivity index (χ1n) is 6.02. The first-order chi connectivity index (χ1) is 8.75. The average Bonchev–Trinajstić information content (AvgIpc) is 2.87. The third-order valence-electron chi connectivity index (χ3n) is 3.41. The van der Waals surface area contributed by atoms with Crippen LogP contribution in [0.5, 0.6) is 0 Å². The maximum atomic E-state index is 11.1. The molecular formula is C12H14N4O2. The van der Waals surface area contributed by atoms with E-state index in [1.807, 2.05) is 27.6 Å². The molecule has 0 amide bonds. The van der Waals surface area contributed by atoms with Gasteiger partial charge in [-0.15, -0.1) is 10.2 Å². The maximum Gasteiger partial charge on any atom is 0.308 e. The van der Waals surface area contributed by atoms with Crippen LogP contribution in [0.4, 0.5) is 5.82 Å². The lowest BCUT2D eigenvalue weighted by atomic mass is 9.98. The van der Waals surface area contributed by atoms with Crippen molar-refractivity contribution in [3.63, 3.8) is 0 Å². The summed E-state index contributed by atoms with van der Waals surface area (Å²) in [6, 6.07) is 3.90. The van der Waals surface area contributed by atoms with E-state index in [-0.39, 0.29) is 5.92 Å². The summed E-state index contributed by atoms with van der Waals surface area (Å²) >= 11 is 0. The minimum absolute atomic E-state index is 0.309. The van der Waals surface area contributed by atoms with E-state index >= 15 is 0 Å². The van der Waals surface area contributed by atoms with Crippen molar-refractivity contribution >= 4 is 17.3 Å². The number of anilines is 1. The van der Waals surface area contributed by atoms with Gasteiger partial charge in [-0.3, -0.25) is 4.79 Å². The molecule has 0 aromatic carbocycles. The summed E-state index contributed by atoms with van der Waals surface area (Å²) in [4.78, 5) is 13.1. The Kier molecular flexibility index (Phi) is 2.62. The Morgan fingerprint density at radius 2 is 2.39 bits per heavy atom. The fourth-order valence-corrected chi connectivity index (χ4v) is 2.47. The molecule has 0 unspecified atom stereocenters. The largest absolute Gasteiger partial charge is 0.481 e. The molecule has 2 aromatic rings. The number of carboxylic acids is 1. The van der Waals surface area contributed by atoms with Crippen LogP contribution in [0.1, 0.15) is 12.8 Å². The normalized spacial score (nSPS) is 20.2. The molecule has 6 heteroatoms. The lowest BCUT2D eigenvalue weighted by molar-refractivity contribution is -0.141. The monoisotopic (exact) mass is 246 g/mol. The van der Waals surface area contributed by atoms with Gasteiger partial charge in [0.15, 0.2) is 5.82 Å². The minimum Gasteiger partial charge on any atom is -0.481 e. The zero-order valence-electron chi connectivity index (χ0n) is 9.86. The number of hydrogen-bond acceptors (Lipinski definition) is 4. The van der Waals surface area contributed by atoms with Crippen LogP contribution in [0.2, 0.25) is 0 Å². The lowest BCUT2D eigenvalue weighted by Crippen LogP contribution is -2.39. The molecule has 3 rings (SSSR count). The van der Waals surface area contributed by atoms with Crippen molar-refractivity contribution in [2.75, 3.05) is 18.0 Å². The molecule has 0 aliphatic carbocycles. The molecule has 1 atom stereocenters. The standard InChI is InChI=1S/C12H14N4O2/c17-12(18)9-3-1-5-15(7-9)11-10-4-2-6-16(10)8-13-14-11/h2,4,6,8-9H,1,3,5,7H2,(H,17,18)/t9-/m0/s1. The number of aliphatic carboxylic acids is 1.